The number of fused-ring (bicyclic) bond motifs is 2. The Kier molecular flexibility index (Phi) is 15.9. The van der Waals surface area contributed by atoms with Gasteiger partial charge in [0.1, 0.15) is 16.8 Å². The van der Waals surface area contributed by atoms with Crippen LogP contribution in [-0.4, -0.2) is 94.0 Å². The first-order valence-electron chi connectivity index (χ1n) is 20.8. The Morgan fingerprint density at radius 2 is 1.36 bits per heavy atom. The number of hydrogen-bond donors (Lipinski definition) is 1. The summed E-state index contributed by atoms with van der Waals surface area (Å²) in [7, 11) is 1.40. The van der Waals surface area contributed by atoms with Gasteiger partial charge in [-0.25, -0.2) is 14.4 Å². The molecule has 0 amide bonds. The molecular weight excluding hydrogens is 748 g/mol. The Bertz CT molecular complexity index is 1550. The van der Waals surface area contributed by atoms with E-state index in [2.05, 4.69) is 13.8 Å². The van der Waals surface area contributed by atoms with E-state index in [9.17, 15) is 19.5 Å². The van der Waals surface area contributed by atoms with Gasteiger partial charge in [-0.05, 0) is 126 Å². The van der Waals surface area contributed by atoms with Crippen LogP contribution in [0.4, 0.5) is 0 Å². The molecule has 2 aliphatic heterocycles. The number of aryl methyl sites for hydroxylation is 1. The van der Waals surface area contributed by atoms with E-state index in [1.807, 2.05) is 37.3 Å². The number of rotatable bonds is 18. The van der Waals surface area contributed by atoms with Crippen LogP contribution in [0.1, 0.15) is 147 Å². The summed E-state index contributed by atoms with van der Waals surface area (Å²) in [6.07, 6.45) is -2.02. The molecule has 1 aromatic rings. The molecule has 2 unspecified atom stereocenters. The number of benzene rings is 1. The average molecular weight is 821 g/mol. The van der Waals surface area contributed by atoms with Crippen LogP contribution in [-0.2, 0) is 63.5 Å². The van der Waals surface area contributed by atoms with E-state index in [4.69, 9.17) is 37.9 Å². The van der Waals surface area contributed by atoms with Gasteiger partial charge in [0, 0.05) is 20.0 Å². The highest BCUT2D eigenvalue weighted by molar-refractivity contribution is 6.00. The maximum absolute atomic E-state index is 15.2. The first-order valence-corrected chi connectivity index (χ1v) is 20.8. The molecule has 0 saturated carbocycles. The highest BCUT2D eigenvalue weighted by Crippen LogP contribution is 2.58. The minimum atomic E-state index is -3.37. The monoisotopic (exact) mass is 820 g/mol. The number of carbonyl (C=O) groups is 4. The standard InChI is InChI=1S/C45H72O13/c1-16-29(2)28-30(3)25-26-32(46)52-34-33(53-42(13,14)51-15)43(27-21-20-24-31-22-18-17-19-23-31)54-35(36(47)55-39(4,5)6)44(50,37(48)56-40(7,8)9)45(34,58-43)38(49)57-41(10,11)12/h17-19,22-23,29-30,33-35,50H,16,20-21,24-28H2,1-15H3/t29?,30?,33-,34-,35-,43-,44-,45-/m1/s1. The van der Waals surface area contributed by atoms with Crippen LogP contribution >= 0.6 is 0 Å². The molecule has 3 rings (SSSR count). The number of hydrogen-bond acceptors (Lipinski definition) is 13. The first-order chi connectivity index (χ1) is 26.5. The fourth-order valence-corrected chi connectivity index (χ4v) is 7.34. The van der Waals surface area contributed by atoms with Gasteiger partial charge < -0.3 is 43.0 Å². The number of aliphatic hydroxyl groups is 1. The molecule has 0 aromatic heterocycles. The number of ether oxygens (including phenoxy) is 8. The average Bonchev–Trinajstić information content (AvgIpc) is 3.31. The predicted molar refractivity (Wildman–Crippen MR) is 216 cm³/mol. The smallest absolute Gasteiger partial charge is 0.347 e. The lowest BCUT2D eigenvalue weighted by molar-refractivity contribution is -0.388. The second-order valence-corrected chi connectivity index (χ2v) is 19.6. The van der Waals surface area contributed by atoms with Crippen LogP contribution in [0.25, 0.3) is 0 Å². The van der Waals surface area contributed by atoms with Crippen molar-refractivity contribution in [1.29, 1.82) is 0 Å². The van der Waals surface area contributed by atoms with Crippen molar-refractivity contribution in [3.63, 3.8) is 0 Å². The lowest BCUT2D eigenvalue weighted by Gasteiger charge is -2.51. The molecule has 2 fully saturated rings. The zero-order valence-electron chi connectivity index (χ0n) is 37.8. The fourth-order valence-electron chi connectivity index (χ4n) is 7.34. The number of carbonyl (C=O) groups excluding carboxylic acids is 4. The van der Waals surface area contributed by atoms with E-state index < -0.39 is 81.8 Å². The molecule has 2 heterocycles. The van der Waals surface area contributed by atoms with Gasteiger partial charge in [0.25, 0.3) is 5.60 Å². The van der Waals surface area contributed by atoms with E-state index in [0.717, 1.165) is 18.4 Å². The molecule has 0 radical (unpaired) electrons. The Hall–Kier alpha value is -3.10. The summed E-state index contributed by atoms with van der Waals surface area (Å²) in [5.74, 6) is -7.72. The summed E-state index contributed by atoms with van der Waals surface area (Å²) < 4.78 is 49.6. The van der Waals surface area contributed by atoms with Gasteiger partial charge in [-0.3, -0.25) is 4.79 Å². The molecule has 2 bridgehead atoms. The minimum absolute atomic E-state index is 0.0570. The summed E-state index contributed by atoms with van der Waals surface area (Å²) in [6.45, 7) is 23.7. The normalized spacial score (nSPS) is 27.3. The first kappa shape index (κ1) is 49.3. The van der Waals surface area contributed by atoms with Crippen molar-refractivity contribution in [2.75, 3.05) is 7.11 Å². The third-order valence-electron chi connectivity index (χ3n) is 10.3. The fraction of sp³-hybridized carbons (Fsp3) is 0.778. The molecule has 13 nitrogen and oxygen atoms in total. The molecule has 13 heteroatoms. The van der Waals surface area contributed by atoms with Crippen molar-refractivity contribution in [1.82, 2.24) is 0 Å². The van der Waals surface area contributed by atoms with Crippen LogP contribution in [0.15, 0.2) is 30.3 Å². The van der Waals surface area contributed by atoms with Gasteiger partial charge in [-0.15, -0.1) is 0 Å². The van der Waals surface area contributed by atoms with Gasteiger partial charge in [0.2, 0.25) is 17.5 Å². The second kappa shape index (κ2) is 18.7. The Morgan fingerprint density at radius 1 is 0.793 bits per heavy atom. The molecule has 1 N–H and O–H groups in total. The minimum Gasteiger partial charge on any atom is -0.458 e. The molecular formula is C45H72O13. The predicted octanol–water partition coefficient (Wildman–Crippen LogP) is 7.55. The summed E-state index contributed by atoms with van der Waals surface area (Å²) in [4.78, 5) is 58.6. The highest BCUT2D eigenvalue weighted by Gasteiger charge is 2.87. The number of unbranched alkanes of at least 4 members (excludes halogenated alkanes) is 1. The summed E-state index contributed by atoms with van der Waals surface area (Å²) >= 11 is 0. The van der Waals surface area contributed by atoms with E-state index in [-0.39, 0.29) is 18.8 Å². The Balaban J connectivity index is 2.39. The topological polar surface area (TPSA) is 162 Å². The second-order valence-electron chi connectivity index (χ2n) is 19.6. The third-order valence-corrected chi connectivity index (χ3v) is 10.3. The molecule has 2 saturated heterocycles. The van der Waals surface area contributed by atoms with Crippen LogP contribution in [0, 0.1) is 11.8 Å². The summed E-state index contributed by atoms with van der Waals surface area (Å²) in [5, 5.41) is 13.3. The summed E-state index contributed by atoms with van der Waals surface area (Å²) in [6, 6.07) is 9.81. The van der Waals surface area contributed by atoms with Crippen LogP contribution < -0.4 is 0 Å². The van der Waals surface area contributed by atoms with Gasteiger partial charge in [-0.1, -0.05) is 57.5 Å². The van der Waals surface area contributed by atoms with Gasteiger partial charge >= 0.3 is 23.9 Å². The SMILES string of the molecule is CCC(C)CC(C)CCC(=O)O[C@@H]1[C@@H](OC(C)(C)OC)[C@]2(CCCCc3ccccc3)O[C@H](C(=O)OC(C)(C)C)[C@@](O)(C(=O)OC(C)(C)C)[C@@]1(C(=O)OC(C)(C)C)O2. The van der Waals surface area contributed by atoms with Crippen molar-refractivity contribution in [3.05, 3.63) is 35.9 Å². The molecule has 2 aliphatic rings. The lowest BCUT2D eigenvalue weighted by atomic mass is 9.74. The zero-order chi connectivity index (χ0) is 44.1. The van der Waals surface area contributed by atoms with Crippen molar-refractivity contribution in [2.24, 2.45) is 11.8 Å². The molecule has 0 aliphatic carbocycles. The lowest BCUT2D eigenvalue weighted by Crippen LogP contribution is -2.79. The highest BCUT2D eigenvalue weighted by atomic mass is 16.8. The maximum Gasteiger partial charge on any atom is 0.347 e. The van der Waals surface area contributed by atoms with Crippen LogP contribution in [0.5, 0.6) is 0 Å². The van der Waals surface area contributed by atoms with Crippen molar-refractivity contribution < 1.29 is 62.2 Å². The van der Waals surface area contributed by atoms with Crippen LogP contribution in [0.3, 0.4) is 0 Å². The zero-order valence-corrected chi connectivity index (χ0v) is 37.8. The molecule has 58 heavy (non-hydrogen) atoms. The quantitative estimate of drug-likeness (QED) is 0.0669. The Labute approximate surface area is 346 Å². The molecule has 8 atom stereocenters. The molecule has 1 aromatic carbocycles. The van der Waals surface area contributed by atoms with Crippen molar-refractivity contribution in [3.8, 4) is 0 Å². The largest absolute Gasteiger partial charge is 0.458 e. The van der Waals surface area contributed by atoms with Crippen molar-refractivity contribution >= 4 is 23.9 Å². The van der Waals surface area contributed by atoms with Crippen LogP contribution in [0.2, 0.25) is 0 Å². The third kappa shape index (κ3) is 12.0. The number of methoxy groups -OCH3 is 1. The molecule has 0 spiro atoms. The van der Waals surface area contributed by atoms with E-state index >= 15 is 4.79 Å². The summed E-state index contributed by atoms with van der Waals surface area (Å²) in [5.41, 5.74) is -8.96. The molecule has 330 valence electrons. The Morgan fingerprint density at radius 3 is 1.90 bits per heavy atom. The maximum atomic E-state index is 15.2. The van der Waals surface area contributed by atoms with E-state index in [1.54, 1.807) is 76.2 Å². The van der Waals surface area contributed by atoms with Gasteiger partial charge in [-0.2, -0.15) is 0 Å². The number of esters is 4. The van der Waals surface area contributed by atoms with Gasteiger partial charge in [0.15, 0.2) is 18.0 Å². The van der Waals surface area contributed by atoms with Gasteiger partial charge in [0.05, 0.1) is 0 Å². The van der Waals surface area contributed by atoms with Crippen molar-refractivity contribution in [2.45, 2.75) is 206 Å². The van der Waals surface area contributed by atoms with E-state index in [1.165, 1.54) is 7.11 Å². The van der Waals surface area contributed by atoms with E-state index in [0.29, 0.717) is 31.6 Å².